The summed E-state index contributed by atoms with van der Waals surface area (Å²) < 4.78 is 12.4. The number of aryl methyl sites for hydroxylation is 2. The lowest BCUT2D eigenvalue weighted by Crippen LogP contribution is -2.33. The Labute approximate surface area is 227 Å². The summed E-state index contributed by atoms with van der Waals surface area (Å²) in [6.45, 7) is 5.27. The fraction of sp³-hybridized carbons (Fsp3) is 0.379. The van der Waals surface area contributed by atoms with Gasteiger partial charge in [0, 0.05) is 36.3 Å². The first-order valence-electron chi connectivity index (χ1n) is 13.0. The van der Waals surface area contributed by atoms with Gasteiger partial charge in [-0.2, -0.15) is 0 Å². The molecular formula is C29H33ClN4O4. The predicted molar refractivity (Wildman–Crippen MR) is 149 cm³/mol. The molecule has 2 aromatic heterocycles. The van der Waals surface area contributed by atoms with Gasteiger partial charge in [-0.05, 0) is 49.3 Å². The average molecular weight is 537 g/mol. The zero-order chi connectivity index (χ0) is 25.8. The van der Waals surface area contributed by atoms with Crippen molar-refractivity contribution in [3.05, 3.63) is 92.1 Å². The highest BCUT2D eigenvalue weighted by Gasteiger charge is 2.21. The maximum atomic E-state index is 13.7. The van der Waals surface area contributed by atoms with E-state index < -0.39 is 5.76 Å². The van der Waals surface area contributed by atoms with E-state index in [1.54, 1.807) is 0 Å². The number of benzene rings is 2. The van der Waals surface area contributed by atoms with Crippen molar-refractivity contribution in [3.8, 4) is 22.5 Å². The molecule has 1 aliphatic rings. The molecule has 5 rings (SSSR count). The van der Waals surface area contributed by atoms with E-state index in [1.807, 2.05) is 60.0 Å². The van der Waals surface area contributed by atoms with Crippen LogP contribution in [-0.4, -0.2) is 32.4 Å². The number of nitrogens with one attached hydrogen (secondary N) is 1. The Morgan fingerprint density at radius 1 is 1.05 bits per heavy atom. The molecule has 4 aromatic rings. The molecule has 1 fully saturated rings. The number of rotatable bonds is 8. The average Bonchev–Trinajstić information content (AvgIpc) is 3.36. The van der Waals surface area contributed by atoms with Crippen LogP contribution in [0, 0.1) is 6.92 Å². The lowest BCUT2D eigenvalue weighted by Gasteiger charge is -2.23. The molecule has 0 amide bonds. The van der Waals surface area contributed by atoms with E-state index in [-0.39, 0.29) is 24.1 Å². The molecule has 0 spiro atoms. The largest absolute Gasteiger partial charge is 0.439 e. The topological polar surface area (TPSA) is 103 Å². The molecule has 1 aliphatic heterocycles. The standard InChI is InChI=1S/C29H32N4O4.ClH/c1-3-8-26-30-19(2)25(17-22-9-6-7-16-36-22)28(34)33(26)18-20-12-14-21(15-13-20)23-10-4-5-11-24(23)27-31-29(35)37-32-27;/h4-5,10-15,22H,3,6-9,16-18H2,1-2H3,(H,31,32,35);1H. The third-order valence-electron chi connectivity index (χ3n) is 6.96. The Kier molecular flexibility index (Phi) is 8.97. The molecule has 0 saturated carbocycles. The van der Waals surface area contributed by atoms with Crippen molar-refractivity contribution in [1.29, 1.82) is 0 Å². The molecule has 0 bridgehead atoms. The molecule has 8 nitrogen and oxygen atoms in total. The summed E-state index contributed by atoms with van der Waals surface area (Å²) in [6.07, 6.45) is 5.58. The molecule has 2 aromatic carbocycles. The van der Waals surface area contributed by atoms with Crippen LogP contribution >= 0.6 is 12.4 Å². The number of aromatic amines is 1. The van der Waals surface area contributed by atoms with Gasteiger partial charge in [0.15, 0.2) is 5.82 Å². The molecule has 9 heteroatoms. The van der Waals surface area contributed by atoms with Gasteiger partial charge in [0.25, 0.3) is 5.56 Å². The highest BCUT2D eigenvalue weighted by atomic mass is 35.5. The molecule has 3 heterocycles. The third-order valence-corrected chi connectivity index (χ3v) is 6.96. The second kappa shape index (κ2) is 12.4. The number of hydrogen-bond donors (Lipinski definition) is 1. The van der Waals surface area contributed by atoms with Gasteiger partial charge in [0.2, 0.25) is 0 Å². The molecule has 0 aliphatic carbocycles. The summed E-state index contributed by atoms with van der Waals surface area (Å²) in [5.41, 5.74) is 5.31. The van der Waals surface area contributed by atoms with Crippen molar-refractivity contribution in [3.63, 3.8) is 0 Å². The van der Waals surface area contributed by atoms with Crippen molar-refractivity contribution in [1.82, 2.24) is 19.7 Å². The van der Waals surface area contributed by atoms with Gasteiger partial charge in [-0.25, -0.2) is 9.78 Å². The molecule has 0 radical (unpaired) electrons. The summed E-state index contributed by atoms with van der Waals surface area (Å²) in [6, 6.07) is 15.8. The van der Waals surface area contributed by atoms with Crippen LogP contribution in [0.15, 0.2) is 62.6 Å². The lowest BCUT2D eigenvalue weighted by atomic mass is 9.98. The van der Waals surface area contributed by atoms with Crippen molar-refractivity contribution in [2.75, 3.05) is 6.61 Å². The highest BCUT2D eigenvalue weighted by molar-refractivity contribution is 5.85. The van der Waals surface area contributed by atoms with E-state index in [0.29, 0.717) is 18.8 Å². The minimum absolute atomic E-state index is 0. The third kappa shape index (κ3) is 5.97. The molecule has 38 heavy (non-hydrogen) atoms. The van der Waals surface area contributed by atoms with Crippen LogP contribution in [0.2, 0.25) is 0 Å². The molecular weight excluding hydrogens is 504 g/mol. The number of ether oxygens (including phenoxy) is 1. The van der Waals surface area contributed by atoms with E-state index in [2.05, 4.69) is 17.1 Å². The first kappa shape index (κ1) is 27.5. The Bertz CT molecular complexity index is 1480. The Balaban J connectivity index is 0.00000336. The Morgan fingerprint density at radius 3 is 2.47 bits per heavy atom. The Hall–Kier alpha value is -3.49. The number of aromatic nitrogens is 4. The summed E-state index contributed by atoms with van der Waals surface area (Å²) in [5, 5.41) is 3.84. The molecule has 1 N–H and O–H groups in total. The van der Waals surface area contributed by atoms with Crippen LogP contribution in [0.4, 0.5) is 0 Å². The van der Waals surface area contributed by atoms with Crippen LogP contribution in [-0.2, 0) is 24.1 Å². The van der Waals surface area contributed by atoms with Crippen molar-refractivity contribution in [2.24, 2.45) is 0 Å². The van der Waals surface area contributed by atoms with E-state index in [9.17, 15) is 9.59 Å². The summed E-state index contributed by atoms with van der Waals surface area (Å²) in [7, 11) is 0. The van der Waals surface area contributed by atoms with E-state index in [4.69, 9.17) is 14.2 Å². The minimum Gasteiger partial charge on any atom is -0.378 e. The van der Waals surface area contributed by atoms with Crippen molar-refractivity contribution >= 4 is 12.4 Å². The molecule has 200 valence electrons. The van der Waals surface area contributed by atoms with Gasteiger partial charge in [0.05, 0.1) is 12.6 Å². The number of halogens is 1. The highest BCUT2D eigenvalue weighted by Crippen LogP contribution is 2.30. The SMILES string of the molecule is CCCc1nc(C)c(CC2CCCCO2)c(=O)n1Cc1ccc(-c2ccccc2-c2noc(=O)[nH]2)cc1.Cl. The molecule has 1 unspecified atom stereocenters. The first-order valence-corrected chi connectivity index (χ1v) is 13.0. The number of nitrogens with zero attached hydrogens (tertiary/aromatic N) is 3. The number of hydrogen-bond acceptors (Lipinski definition) is 6. The summed E-state index contributed by atoms with van der Waals surface area (Å²) >= 11 is 0. The van der Waals surface area contributed by atoms with Crippen molar-refractivity contribution < 1.29 is 9.26 Å². The zero-order valence-corrected chi connectivity index (χ0v) is 22.6. The van der Waals surface area contributed by atoms with Crippen LogP contribution in [0.5, 0.6) is 0 Å². The van der Waals surface area contributed by atoms with E-state index in [1.165, 1.54) is 0 Å². The fourth-order valence-corrected chi connectivity index (χ4v) is 5.02. The van der Waals surface area contributed by atoms with Crippen LogP contribution in [0.3, 0.4) is 0 Å². The second-order valence-corrected chi connectivity index (χ2v) is 9.61. The monoisotopic (exact) mass is 536 g/mol. The van der Waals surface area contributed by atoms with E-state index in [0.717, 1.165) is 78.0 Å². The maximum absolute atomic E-state index is 13.7. The van der Waals surface area contributed by atoms with Crippen LogP contribution in [0.1, 0.15) is 55.3 Å². The Morgan fingerprint density at radius 2 is 1.82 bits per heavy atom. The van der Waals surface area contributed by atoms with Gasteiger partial charge in [-0.1, -0.05) is 60.6 Å². The maximum Gasteiger partial charge on any atom is 0.439 e. The fourth-order valence-electron chi connectivity index (χ4n) is 5.02. The van der Waals surface area contributed by atoms with Gasteiger partial charge in [0.1, 0.15) is 5.82 Å². The molecule has 1 saturated heterocycles. The van der Waals surface area contributed by atoms with Crippen molar-refractivity contribution in [2.45, 2.75) is 65.0 Å². The number of H-pyrrole nitrogens is 1. The molecule has 1 atom stereocenters. The minimum atomic E-state index is -0.588. The summed E-state index contributed by atoms with van der Waals surface area (Å²) in [5.74, 6) is 0.623. The van der Waals surface area contributed by atoms with E-state index >= 15 is 0 Å². The van der Waals surface area contributed by atoms with Crippen LogP contribution < -0.4 is 11.3 Å². The van der Waals surface area contributed by atoms with Gasteiger partial charge in [-0.3, -0.25) is 18.9 Å². The normalized spacial score (nSPS) is 15.3. The quantitative estimate of drug-likeness (QED) is 0.336. The zero-order valence-electron chi connectivity index (χ0n) is 21.7. The first-order chi connectivity index (χ1) is 18.0. The second-order valence-electron chi connectivity index (χ2n) is 9.61. The van der Waals surface area contributed by atoms with Gasteiger partial charge < -0.3 is 4.74 Å². The smallest absolute Gasteiger partial charge is 0.378 e. The lowest BCUT2D eigenvalue weighted by molar-refractivity contribution is 0.0164. The predicted octanol–water partition coefficient (Wildman–Crippen LogP) is 5.10. The van der Waals surface area contributed by atoms with Gasteiger partial charge >= 0.3 is 5.76 Å². The van der Waals surface area contributed by atoms with Gasteiger partial charge in [-0.15, -0.1) is 12.4 Å². The summed E-state index contributed by atoms with van der Waals surface area (Å²) in [4.78, 5) is 32.6. The van der Waals surface area contributed by atoms with Crippen LogP contribution in [0.25, 0.3) is 22.5 Å².